The van der Waals surface area contributed by atoms with Crippen molar-refractivity contribution in [3.05, 3.63) is 68.6 Å². The van der Waals surface area contributed by atoms with Gasteiger partial charge in [-0.15, -0.1) is 11.3 Å². The van der Waals surface area contributed by atoms with Crippen LogP contribution in [0.25, 0.3) is 17.3 Å². The van der Waals surface area contributed by atoms with Crippen LogP contribution in [0.2, 0.25) is 0 Å². The molecule has 0 unspecified atom stereocenters. The van der Waals surface area contributed by atoms with Gasteiger partial charge in [-0.05, 0) is 74.8 Å². The fourth-order valence-corrected chi connectivity index (χ4v) is 5.51. The van der Waals surface area contributed by atoms with E-state index in [0.29, 0.717) is 12.8 Å². The highest BCUT2D eigenvalue weighted by Gasteiger charge is 2.18. The summed E-state index contributed by atoms with van der Waals surface area (Å²) in [4.78, 5) is 28.6. The van der Waals surface area contributed by atoms with Crippen molar-refractivity contribution in [1.82, 2.24) is 15.0 Å². The van der Waals surface area contributed by atoms with E-state index in [-0.39, 0.29) is 5.78 Å². The van der Waals surface area contributed by atoms with Crippen LogP contribution >= 0.6 is 11.3 Å². The van der Waals surface area contributed by atoms with Gasteiger partial charge in [0.15, 0.2) is 5.78 Å². The summed E-state index contributed by atoms with van der Waals surface area (Å²) in [6, 6.07) is 4.27. The minimum atomic E-state index is 0.245. The molecule has 3 heterocycles. The van der Waals surface area contributed by atoms with E-state index in [1.165, 1.54) is 28.8 Å². The standard InChI is InChI=1S/C24H23N3OS/c1-15-11-17(24-18-6-4-7-20(18)26-14-27-24)13-25-19(15)9-10-21(28)23-12-16-5-2-3-8-22(16)29-23/h4,7,11-14H,2-3,5-6,8-10H2,1H3. The van der Waals surface area contributed by atoms with Crippen LogP contribution in [0.1, 0.15) is 61.9 Å². The van der Waals surface area contributed by atoms with Gasteiger partial charge in [0.2, 0.25) is 0 Å². The molecule has 29 heavy (non-hydrogen) atoms. The molecule has 146 valence electrons. The number of pyridine rings is 1. The Kier molecular flexibility index (Phi) is 4.84. The predicted octanol–water partition coefficient (Wildman–Crippen LogP) is 5.17. The molecule has 5 heteroatoms. The van der Waals surface area contributed by atoms with E-state index in [2.05, 4.69) is 40.1 Å². The second kappa shape index (κ2) is 7.64. The molecule has 3 aromatic rings. The minimum absolute atomic E-state index is 0.245. The number of rotatable bonds is 5. The Balaban J connectivity index is 1.31. The molecule has 0 aliphatic heterocycles. The van der Waals surface area contributed by atoms with Crippen molar-refractivity contribution in [3.8, 4) is 11.3 Å². The molecule has 3 aromatic heterocycles. The highest BCUT2D eigenvalue weighted by molar-refractivity contribution is 7.14. The van der Waals surface area contributed by atoms with Gasteiger partial charge in [-0.3, -0.25) is 9.78 Å². The van der Waals surface area contributed by atoms with Gasteiger partial charge in [0.25, 0.3) is 0 Å². The summed E-state index contributed by atoms with van der Waals surface area (Å²) in [6.45, 7) is 2.07. The van der Waals surface area contributed by atoms with Crippen LogP contribution < -0.4 is 0 Å². The number of hydrogen-bond acceptors (Lipinski definition) is 5. The smallest absolute Gasteiger partial charge is 0.173 e. The van der Waals surface area contributed by atoms with Crippen molar-refractivity contribution in [2.75, 3.05) is 0 Å². The predicted molar refractivity (Wildman–Crippen MR) is 116 cm³/mol. The number of carbonyl (C=O) groups is 1. The lowest BCUT2D eigenvalue weighted by Crippen LogP contribution is -2.03. The number of Topliss-reactive ketones (excluding diaryl/α,β-unsaturated/α-hetero) is 1. The number of carbonyl (C=O) groups excluding carboxylic acids is 1. The molecule has 0 saturated heterocycles. The Morgan fingerprint density at radius 2 is 2.03 bits per heavy atom. The van der Waals surface area contributed by atoms with E-state index in [9.17, 15) is 4.79 Å². The van der Waals surface area contributed by atoms with Gasteiger partial charge in [-0.25, -0.2) is 9.97 Å². The van der Waals surface area contributed by atoms with Crippen molar-refractivity contribution < 1.29 is 4.79 Å². The van der Waals surface area contributed by atoms with Gasteiger partial charge in [-0.2, -0.15) is 0 Å². The van der Waals surface area contributed by atoms with Gasteiger partial charge in [0.05, 0.1) is 16.3 Å². The SMILES string of the molecule is Cc1cc(-c2ncnc3c2CC=C3)cnc1CCC(=O)c1cc2c(s1)CCCC2. The van der Waals surface area contributed by atoms with Crippen molar-refractivity contribution in [2.24, 2.45) is 0 Å². The van der Waals surface area contributed by atoms with Gasteiger partial charge in [0, 0.05) is 34.3 Å². The summed E-state index contributed by atoms with van der Waals surface area (Å²) in [7, 11) is 0. The van der Waals surface area contributed by atoms with Crippen LogP contribution in [-0.4, -0.2) is 20.7 Å². The van der Waals surface area contributed by atoms with Crippen molar-refractivity contribution >= 4 is 23.2 Å². The first-order valence-corrected chi connectivity index (χ1v) is 11.1. The number of aromatic nitrogens is 3. The number of fused-ring (bicyclic) bond motifs is 2. The monoisotopic (exact) mass is 401 g/mol. The summed E-state index contributed by atoms with van der Waals surface area (Å²) in [5.41, 5.74) is 7.65. The third-order valence-electron chi connectivity index (χ3n) is 5.90. The van der Waals surface area contributed by atoms with E-state index < -0.39 is 0 Å². The van der Waals surface area contributed by atoms with Crippen molar-refractivity contribution in [1.29, 1.82) is 0 Å². The lowest BCUT2D eigenvalue weighted by atomic mass is 9.98. The van der Waals surface area contributed by atoms with Gasteiger partial charge >= 0.3 is 0 Å². The van der Waals surface area contributed by atoms with Crippen LogP contribution in [0.3, 0.4) is 0 Å². The largest absolute Gasteiger partial charge is 0.293 e. The fourth-order valence-electron chi connectivity index (χ4n) is 4.29. The Bertz CT molecular complexity index is 1110. The molecule has 5 rings (SSSR count). The first-order chi connectivity index (χ1) is 14.2. The molecule has 2 aliphatic rings. The zero-order valence-corrected chi connectivity index (χ0v) is 17.4. The third-order valence-corrected chi connectivity index (χ3v) is 7.17. The number of nitrogens with zero attached hydrogens (tertiary/aromatic N) is 3. The van der Waals surface area contributed by atoms with E-state index in [1.807, 2.05) is 12.3 Å². The molecular formula is C24H23N3OS. The maximum Gasteiger partial charge on any atom is 0.173 e. The molecule has 2 aliphatic carbocycles. The van der Waals surface area contributed by atoms with E-state index in [4.69, 9.17) is 0 Å². The molecule has 0 fully saturated rings. The molecule has 4 nitrogen and oxygen atoms in total. The van der Waals surface area contributed by atoms with Crippen LogP contribution in [0, 0.1) is 6.92 Å². The molecular weight excluding hydrogens is 378 g/mol. The van der Waals surface area contributed by atoms with E-state index in [1.54, 1.807) is 17.7 Å². The molecule has 0 spiro atoms. The molecule has 0 atom stereocenters. The van der Waals surface area contributed by atoms with Crippen molar-refractivity contribution in [2.45, 2.75) is 51.9 Å². The number of thiophene rings is 1. The van der Waals surface area contributed by atoms with Crippen LogP contribution in [0.5, 0.6) is 0 Å². The lowest BCUT2D eigenvalue weighted by molar-refractivity contribution is 0.0986. The zero-order chi connectivity index (χ0) is 19.8. The summed E-state index contributed by atoms with van der Waals surface area (Å²) in [5.74, 6) is 0.245. The lowest BCUT2D eigenvalue weighted by Gasteiger charge is -2.10. The van der Waals surface area contributed by atoms with Crippen LogP contribution in [0.4, 0.5) is 0 Å². The number of hydrogen-bond donors (Lipinski definition) is 0. The second-order valence-corrected chi connectivity index (χ2v) is 9.01. The maximum atomic E-state index is 12.7. The topological polar surface area (TPSA) is 55.7 Å². The van der Waals surface area contributed by atoms with Crippen LogP contribution in [0.15, 0.2) is 30.7 Å². The fraction of sp³-hybridized carbons (Fsp3) is 0.333. The molecule has 0 aromatic carbocycles. The number of ketones is 1. The maximum absolute atomic E-state index is 12.7. The Morgan fingerprint density at radius 1 is 1.14 bits per heavy atom. The average molecular weight is 402 g/mol. The normalized spacial score (nSPS) is 14.7. The molecule has 0 N–H and O–H groups in total. The van der Waals surface area contributed by atoms with E-state index >= 15 is 0 Å². The molecule has 0 radical (unpaired) electrons. The summed E-state index contributed by atoms with van der Waals surface area (Å²) < 4.78 is 0. The highest BCUT2D eigenvalue weighted by Crippen LogP contribution is 2.31. The Morgan fingerprint density at radius 3 is 2.90 bits per heavy atom. The zero-order valence-electron chi connectivity index (χ0n) is 16.6. The average Bonchev–Trinajstić information content (AvgIpc) is 3.39. The van der Waals surface area contributed by atoms with Gasteiger partial charge < -0.3 is 0 Å². The summed E-state index contributed by atoms with van der Waals surface area (Å²) in [6.07, 6.45) is 14.5. The van der Waals surface area contributed by atoms with Gasteiger partial charge in [0.1, 0.15) is 6.33 Å². The Hall–Kier alpha value is -2.66. The minimum Gasteiger partial charge on any atom is -0.293 e. The molecule has 0 saturated carbocycles. The highest BCUT2D eigenvalue weighted by atomic mass is 32.1. The second-order valence-electron chi connectivity index (χ2n) is 7.87. The van der Waals surface area contributed by atoms with Crippen LogP contribution in [-0.2, 0) is 25.7 Å². The molecule has 0 bridgehead atoms. The van der Waals surface area contributed by atoms with Crippen molar-refractivity contribution in [3.63, 3.8) is 0 Å². The Labute approximate surface area is 174 Å². The molecule has 0 amide bonds. The number of aryl methyl sites for hydroxylation is 4. The summed E-state index contributed by atoms with van der Waals surface area (Å²) >= 11 is 1.70. The summed E-state index contributed by atoms with van der Waals surface area (Å²) in [5, 5.41) is 0. The quantitative estimate of drug-likeness (QED) is 0.553. The number of allylic oxidation sites excluding steroid dienone is 1. The van der Waals surface area contributed by atoms with Gasteiger partial charge in [-0.1, -0.05) is 6.08 Å². The first-order valence-electron chi connectivity index (χ1n) is 10.3. The van der Waals surface area contributed by atoms with E-state index in [0.717, 1.165) is 52.3 Å². The third kappa shape index (κ3) is 3.55. The first kappa shape index (κ1) is 18.4.